The summed E-state index contributed by atoms with van der Waals surface area (Å²) in [5, 5.41) is 4.06. The van der Waals surface area contributed by atoms with E-state index < -0.39 is 0 Å². The maximum atomic E-state index is 5.22. The Balaban J connectivity index is 2.05. The number of methoxy groups -OCH3 is 2. The second-order valence-electron chi connectivity index (χ2n) is 3.71. The summed E-state index contributed by atoms with van der Waals surface area (Å²) in [5.74, 6) is 1.75. The predicted molar refractivity (Wildman–Crippen MR) is 80.5 cm³/mol. The van der Waals surface area contributed by atoms with Gasteiger partial charge in [-0.1, -0.05) is 0 Å². The number of ether oxygens (including phenoxy) is 2. The van der Waals surface area contributed by atoms with E-state index in [-0.39, 0.29) is 0 Å². The molecule has 1 aromatic heterocycles. The van der Waals surface area contributed by atoms with Crippen molar-refractivity contribution in [3.63, 3.8) is 0 Å². The Morgan fingerprint density at radius 2 is 1.85 bits per heavy atom. The van der Waals surface area contributed by atoms with Crippen LogP contribution in [0.25, 0.3) is 0 Å². The molecule has 0 aliphatic carbocycles. The van der Waals surface area contributed by atoms with Crippen LogP contribution < -0.4 is 14.9 Å². The van der Waals surface area contributed by atoms with Gasteiger partial charge < -0.3 is 9.47 Å². The van der Waals surface area contributed by atoms with Gasteiger partial charge >= 0.3 is 0 Å². The Bertz CT molecular complexity index is 602. The first-order chi connectivity index (χ1) is 9.72. The Kier molecular flexibility index (Phi) is 4.89. The zero-order chi connectivity index (χ0) is 14.4. The van der Waals surface area contributed by atoms with Crippen molar-refractivity contribution in [3.8, 4) is 11.5 Å². The first-order valence-electron chi connectivity index (χ1n) is 5.71. The minimum Gasteiger partial charge on any atom is -0.493 e. The normalized spacial score (nSPS) is 10.6. The smallest absolute Gasteiger partial charge is 0.243 e. The zero-order valence-electron chi connectivity index (χ0n) is 11.0. The third kappa shape index (κ3) is 3.67. The fourth-order valence-electron chi connectivity index (χ4n) is 1.47. The average molecular weight is 337 g/mol. The molecule has 0 saturated carbocycles. The Morgan fingerprint density at radius 1 is 1.15 bits per heavy atom. The molecule has 2 rings (SSSR count). The summed E-state index contributed by atoms with van der Waals surface area (Å²) < 4.78 is 11.2. The quantitative estimate of drug-likeness (QED) is 0.671. The molecular weight excluding hydrogens is 324 g/mol. The Labute approximate surface area is 125 Å². The predicted octanol–water partition coefficient (Wildman–Crippen LogP) is 2.70. The molecule has 1 heterocycles. The number of nitrogens with zero attached hydrogens (tertiary/aromatic N) is 3. The van der Waals surface area contributed by atoms with Crippen molar-refractivity contribution in [2.75, 3.05) is 19.6 Å². The molecule has 0 amide bonds. The van der Waals surface area contributed by atoms with Gasteiger partial charge in [0, 0.05) is 12.4 Å². The number of halogens is 1. The number of aromatic nitrogens is 2. The van der Waals surface area contributed by atoms with Crippen LogP contribution >= 0.6 is 15.9 Å². The third-order valence-corrected chi connectivity index (χ3v) is 2.82. The molecule has 0 aliphatic rings. The molecule has 0 spiro atoms. The lowest BCUT2D eigenvalue weighted by Crippen LogP contribution is -1.96. The summed E-state index contributed by atoms with van der Waals surface area (Å²) in [5.41, 5.74) is 3.61. The fourth-order valence-corrected chi connectivity index (χ4v) is 1.67. The summed E-state index contributed by atoms with van der Waals surface area (Å²) in [6.07, 6.45) is 4.93. The van der Waals surface area contributed by atoms with E-state index in [1.165, 1.54) is 0 Å². The number of nitrogens with one attached hydrogen (secondary N) is 1. The summed E-state index contributed by atoms with van der Waals surface area (Å²) in [4.78, 5) is 8.09. The van der Waals surface area contributed by atoms with Crippen LogP contribution in [-0.4, -0.2) is 30.4 Å². The molecule has 6 nitrogen and oxygen atoms in total. The van der Waals surface area contributed by atoms with E-state index in [1.54, 1.807) is 32.8 Å². The SMILES string of the molecule is COc1ccc(/C=N\Nc2ncc(Br)cn2)cc1OC. The van der Waals surface area contributed by atoms with Crippen molar-refractivity contribution in [1.82, 2.24) is 9.97 Å². The van der Waals surface area contributed by atoms with Crippen LogP contribution in [0.1, 0.15) is 5.56 Å². The van der Waals surface area contributed by atoms with E-state index in [0.717, 1.165) is 10.0 Å². The largest absolute Gasteiger partial charge is 0.493 e. The van der Waals surface area contributed by atoms with Crippen LogP contribution in [0.2, 0.25) is 0 Å². The fraction of sp³-hybridized carbons (Fsp3) is 0.154. The topological polar surface area (TPSA) is 68.6 Å². The van der Waals surface area contributed by atoms with Crippen LogP contribution in [0.4, 0.5) is 5.95 Å². The third-order valence-electron chi connectivity index (χ3n) is 2.41. The van der Waals surface area contributed by atoms with Gasteiger partial charge in [-0.3, -0.25) is 0 Å². The molecule has 1 N–H and O–H groups in total. The van der Waals surface area contributed by atoms with Crippen molar-refractivity contribution < 1.29 is 9.47 Å². The van der Waals surface area contributed by atoms with Gasteiger partial charge in [0.05, 0.1) is 24.9 Å². The van der Waals surface area contributed by atoms with E-state index in [4.69, 9.17) is 9.47 Å². The lowest BCUT2D eigenvalue weighted by molar-refractivity contribution is 0.355. The molecule has 0 radical (unpaired) electrons. The van der Waals surface area contributed by atoms with Gasteiger partial charge in [0.2, 0.25) is 5.95 Å². The standard InChI is InChI=1S/C13H13BrN4O2/c1-19-11-4-3-9(5-12(11)20-2)6-17-18-13-15-7-10(14)8-16-13/h3-8H,1-2H3,(H,15,16,18)/b17-6-. The summed E-state index contributed by atoms with van der Waals surface area (Å²) in [6.45, 7) is 0. The van der Waals surface area contributed by atoms with Crippen molar-refractivity contribution in [2.24, 2.45) is 5.10 Å². The van der Waals surface area contributed by atoms with Gasteiger partial charge in [-0.25, -0.2) is 15.4 Å². The van der Waals surface area contributed by atoms with Crippen molar-refractivity contribution in [1.29, 1.82) is 0 Å². The molecule has 0 atom stereocenters. The molecule has 104 valence electrons. The number of anilines is 1. The number of hydrogen-bond donors (Lipinski definition) is 1. The van der Waals surface area contributed by atoms with Crippen LogP contribution in [0.15, 0.2) is 40.2 Å². The number of rotatable bonds is 5. The molecule has 1 aromatic carbocycles. The molecule has 2 aromatic rings. The van der Waals surface area contributed by atoms with Gasteiger partial charge in [0.15, 0.2) is 11.5 Å². The van der Waals surface area contributed by atoms with Crippen molar-refractivity contribution in [2.45, 2.75) is 0 Å². The average Bonchev–Trinajstić information content (AvgIpc) is 2.49. The van der Waals surface area contributed by atoms with Crippen LogP contribution in [0.3, 0.4) is 0 Å². The summed E-state index contributed by atoms with van der Waals surface area (Å²) in [6, 6.07) is 5.51. The highest BCUT2D eigenvalue weighted by molar-refractivity contribution is 9.10. The van der Waals surface area contributed by atoms with Gasteiger partial charge in [0.1, 0.15) is 0 Å². The minimum absolute atomic E-state index is 0.421. The lowest BCUT2D eigenvalue weighted by atomic mass is 10.2. The van der Waals surface area contributed by atoms with E-state index in [2.05, 4.69) is 36.4 Å². The van der Waals surface area contributed by atoms with Crippen molar-refractivity contribution >= 4 is 28.1 Å². The monoisotopic (exact) mass is 336 g/mol. The molecule has 0 bridgehead atoms. The maximum absolute atomic E-state index is 5.22. The first-order valence-corrected chi connectivity index (χ1v) is 6.51. The van der Waals surface area contributed by atoms with Crippen LogP contribution in [0, 0.1) is 0 Å². The van der Waals surface area contributed by atoms with Gasteiger partial charge in [-0.15, -0.1) is 0 Å². The van der Waals surface area contributed by atoms with Crippen molar-refractivity contribution in [3.05, 3.63) is 40.6 Å². The maximum Gasteiger partial charge on any atom is 0.243 e. The number of hydrazone groups is 1. The minimum atomic E-state index is 0.421. The van der Waals surface area contributed by atoms with Crippen LogP contribution in [0.5, 0.6) is 11.5 Å². The molecule has 20 heavy (non-hydrogen) atoms. The molecule has 0 fully saturated rings. The lowest BCUT2D eigenvalue weighted by Gasteiger charge is -2.07. The summed E-state index contributed by atoms with van der Waals surface area (Å²) >= 11 is 3.26. The molecule has 0 aliphatic heterocycles. The van der Waals surface area contributed by atoms with E-state index >= 15 is 0 Å². The molecule has 0 saturated heterocycles. The Hall–Kier alpha value is -2.15. The Morgan fingerprint density at radius 3 is 2.50 bits per heavy atom. The molecule has 7 heteroatoms. The highest BCUT2D eigenvalue weighted by Gasteiger charge is 2.02. The van der Waals surface area contributed by atoms with E-state index in [1.807, 2.05) is 18.2 Å². The highest BCUT2D eigenvalue weighted by atomic mass is 79.9. The van der Waals surface area contributed by atoms with E-state index in [0.29, 0.717) is 17.4 Å². The van der Waals surface area contributed by atoms with Gasteiger partial charge in [0.25, 0.3) is 0 Å². The van der Waals surface area contributed by atoms with Gasteiger partial charge in [-0.05, 0) is 39.7 Å². The zero-order valence-corrected chi connectivity index (χ0v) is 12.6. The first kappa shape index (κ1) is 14.3. The van der Waals surface area contributed by atoms with E-state index in [9.17, 15) is 0 Å². The highest BCUT2D eigenvalue weighted by Crippen LogP contribution is 2.26. The number of hydrogen-bond acceptors (Lipinski definition) is 6. The second-order valence-corrected chi connectivity index (χ2v) is 4.62. The second kappa shape index (κ2) is 6.85. The molecular formula is C13H13BrN4O2. The van der Waals surface area contributed by atoms with Gasteiger partial charge in [-0.2, -0.15) is 5.10 Å². The molecule has 0 unspecified atom stereocenters. The summed E-state index contributed by atoms with van der Waals surface area (Å²) in [7, 11) is 3.19. The number of benzene rings is 1. The van der Waals surface area contributed by atoms with Crippen LogP contribution in [-0.2, 0) is 0 Å².